The minimum absolute atomic E-state index is 0.235. The number of nitrogens with two attached hydrogens (primary N) is 1. The molecular formula is C4H10INO3. The first-order valence-electron chi connectivity index (χ1n) is 2.49. The van der Waals surface area contributed by atoms with Crippen LogP contribution in [0.5, 0.6) is 0 Å². The Morgan fingerprint density at radius 2 is 2.33 bits per heavy atom. The number of rotatable bonds is 4. The molecule has 0 aromatic heterocycles. The van der Waals surface area contributed by atoms with Crippen LogP contribution in [0.15, 0.2) is 0 Å². The summed E-state index contributed by atoms with van der Waals surface area (Å²) in [5.41, 5.74) is 0. The second kappa shape index (κ2) is 5.36. The molecule has 0 saturated heterocycles. The summed E-state index contributed by atoms with van der Waals surface area (Å²) in [4.78, 5) is 4.33. The Kier molecular flexibility index (Phi) is 5.70. The Bertz CT molecular complexity index is 72.8. The first-order valence-corrected chi connectivity index (χ1v) is 3.37. The van der Waals surface area contributed by atoms with Crippen LogP contribution in [0.25, 0.3) is 0 Å². The molecule has 0 aliphatic rings. The van der Waals surface area contributed by atoms with Gasteiger partial charge in [0.1, 0.15) is 35.2 Å². The van der Waals surface area contributed by atoms with E-state index >= 15 is 0 Å². The molecule has 5 heteroatoms. The van der Waals surface area contributed by atoms with Crippen molar-refractivity contribution in [1.29, 1.82) is 0 Å². The van der Waals surface area contributed by atoms with Gasteiger partial charge in [0.15, 0.2) is 0 Å². The fraction of sp³-hybridized carbons (Fsp3) is 1.00. The van der Waals surface area contributed by atoms with Crippen LogP contribution in [0.3, 0.4) is 0 Å². The average Bonchev–Trinajstić information content (AvgIpc) is 1.87. The summed E-state index contributed by atoms with van der Waals surface area (Å²) < 4.78 is 4.61. The maximum Gasteiger partial charge on any atom is 0.109 e. The van der Waals surface area contributed by atoms with Gasteiger partial charge in [0.05, 0.1) is 6.61 Å². The van der Waals surface area contributed by atoms with E-state index in [4.69, 9.17) is 11.0 Å². The van der Waals surface area contributed by atoms with Crippen LogP contribution in [0, 0.1) is 0 Å². The smallest absolute Gasteiger partial charge is 0.109 e. The Labute approximate surface area is 68.0 Å². The van der Waals surface area contributed by atoms with Crippen molar-refractivity contribution in [2.45, 2.75) is 19.1 Å². The average molecular weight is 247 g/mol. The van der Waals surface area contributed by atoms with E-state index in [0.29, 0.717) is 0 Å². The molecule has 0 aliphatic carbocycles. The number of aliphatic hydroxyl groups excluding tert-OH is 1. The number of aliphatic hydroxyl groups is 1. The van der Waals surface area contributed by atoms with Gasteiger partial charge in [-0.3, -0.25) is 4.84 Å². The topological polar surface area (TPSA) is 64.7 Å². The van der Waals surface area contributed by atoms with Crippen molar-refractivity contribution in [2.75, 3.05) is 6.61 Å². The van der Waals surface area contributed by atoms with Crippen molar-refractivity contribution in [3.63, 3.8) is 0 Å². The van der Waals surface area contributed by atoms with Crippen LogP contribution in [0.1, 0.15) is 6.92 Å². The summed E-state index contributed by atoms with van der Waals surface area (Å²) in [5.74, 6) is 4.79. The number of halogens is 1. The van der Waals surface area contributed by atoms with Crippen molar-refractivity contribution < 1.29 is 13.0 Å². The second-order valence-electron chi connectivity index (χ2n) is 1.68. The van der Waals surface area contributed by atoms with Crippen molar-refractivity contribution in [2.24, 2.45) is 5.90 Å². The van der Waals surface area contributed by atoms with Crippen molar-refractivity contribution >= 4 is 23.0 Å². The van der Waals surface area contributed by atoms with E-state index in [2.05, 4.69) is 7.90 Å². The maximum atomic E-state index is 8.98. The molecule has 0 aromatic rings. The molecule has 56 valence electrons. The molecule has 0 saturated carbocycles. The third kappa shape index (κ3) is 4.04. The minimum Gasteiger partial charge on any atom is -0.388 e. The zero-order chi connectivity index (χ0) is 7.28. The Hall–Kier alpha value is 0.570. The highest BCUT2D eigenvalue weighted by molar-refractivity contribution is 14.1. The molecule has 4 nitrogen and oxygen atoms in total. The van der Waals surface area contributed by atoms with Gasteiger partial charge in [0.2, 0.25) is 0 Å². The third-order valence-corrected chi connectivity index (χ3v) is 1.35. The van der Waals surface area contributed by atoms with E-state index in [1.165, 1.54) is 0 Å². The SMILES string of the molecule is CC(ON)C(O)COI. The van der Waals surface area contributed by atoms with Crippen LogP contribution in [-0.2, 0) is 7.90 Å². The molecule has 2 unspecified atom stereocenters. The first kappa shape index (κ1) is 9.57. The van der Waals surface area contributed by atoms with Gasteiger partial charge in [-0.2, -0.15) is 0 Å². The summed E-state index contributed by atoms with van der Waals surface area (Å²) in [6, 6.07) is 0. The summed E-state index contributed by atoms with van der Waals surface area (Å²) >= 11 is 1.70. The van der Waals surface area contributed by atoms with Gasteiger partial charge in [-0.1, -0.05) is 0 Å². The van der Waals surface area contributed by atoms with Gasteiger partial charge in [0.25, 0.3) is 0 Å². The first-order chi connectivity index (χ1) is 4.22. The lowest BCUT2D eigenvalue weighted by atomic mass is 10.2. The molecule has 0 radical (unpaired) electrons. The zero-order valence-corrected chi connectivity index (χ0v) is 7.24. The van der Waals surface area contributed by atoms with Crippen molar-refractivity contribution in [3.8, 4) is 0 Å². The standard InChI is InChI=1S/C4H10INO3/c1-3(9-6)4(7)2-8-5/h3-4,7H,2,6H2,1H3. The van der Waals surface area contributed by atoms with E-state index < -0.39 is 6.10 Å². The molecule has 0 bridgehead atoms. The van der Waals surface area contributed by atoms with E-state index in [1.807, 2.05) is 0 Å². The van der Waals surface area contributed by atoms with Crippen molar-refractivity contribution in [3.05, 3.63) is 0 Å². The largest absolute Gasteiger partial charge is 0.388 e. The van der Waals surface area contributed by atoms with Crippen LogP contribution in [-0.4, -0.2) is 23.9 Å². The zero-order valence-electron chi connectivity index (χ0n) is 5.08. The summed E-state index contributed by atoms with van der Waals surface area (Å²) in [6.45, 7) is 1.90. The Morgan fingerprint density at radius 1 is 1.78 bits per heavy atom. The number of hydrogen-bond acceptors (Lipinski definition) is 4. The fourth-order valence-electron chi connectivity index (χ4n) is 0.291. The summed E-state index contributed by atoms with van der Waals surface area (Å²) in [7, 11) is 0. The van der Waals surface area contributed by atoms with Crippen LogP contribution < -0.4 is 5.90 Å². The van der Waals surface area contributed by atoms with Gasteiger partial charge in [0, 0.05) is 0 Å². The molecule has 9 heavy (non-hydrogen) atoms. The molecule has 0 spiro atoms. The highest BCUT2D eigenvalue weighted by atomic mass is 127. The van der Waals surface area contributed by atoms with Gasteiger partial charge in [-0.25, -0.2) is 5.90 Å². The molecule has 3 N–H and O–H groups in total. The van der Waals surface area contributed by atoms with E-state index in [0.717, 1.165) is 0 Å². The summed E-state index contributed by atoms with van der Waals surface area (Å²) in [6.07, 6.45) is -1.02. The van der Waals surface area contributed by atoms with E-state index in [-0.39, 0.29) is 12.7 Å². The predicted molar refractivity (Wildman–Crippen MR) is 40.7 cm³/mol. The molecule has 2 atom stereocenters. The highest BCUT2D eigenvalue weighted by Gasteiger charge is 2.12. The quantitative estimate of drug-likeness (QED) is 0.541. The maximum absolute atomic E-state index is 8.98. The lowest BCUT2D eigenvalue weighted by molar-refractivity contribution is -0.0399. The van der Waals surface area contributed by atoms with Gasteiger partial charge < -0.3 is 8.17 Å². The molecule has 0 amide bonds. The van der Waals surface area contributed by atoms with Crippen LogP contribution in [0.4, 0.5) is 0 Å². The van der Waals surface area contributed by atoms with Crippen LogP contribution in [0.2, 0.25) is 0 Å². The summed E-state index contributed by atoms with van der Waals surface area (Å²) in [5, 5.41) is 8.98. The third-order valence-electron chi connectivity index (χ3n) is 0.990. The van der Waals surface area contributed by atoms with Crippen LogP contribution >= 0.6 is 23.0 Å². The van der Waals surface area contributed by atoms with Gasteiger partial charge >= 0.3 is 0 Å². The molecular weight excluding hydrogens is 237 g/mol. The molecule has 0 rings (SSSR count). The Balaban J connectivity index is 3.32. The second-order valence-corrected chi connectivity index (χ2v) is 2.31. The van der Waals surface area contributed by atoms with E-state index in [9.17, 15) is 0 Å². The molecule has 0 aliphatic heterocycles. The van der Waals surface area contributed by atoms with E-state index in [1.54, 1.807) is 29.9 Å². The lowest BCUT2D eigenvalue weighted by Crippen LogP contribution is -2.31. The normalized spacial score (nSPS) is 17.3. The lowest BCUT2D eigenvalue weighted by Gasteiger charge is -2.13. The van der Waals surface area contributed by atoms with Gasteiger partial charge in [-0.05, 0) is 6.92 Å². The predicted octanol–water partition coefficient (Wildman–Crippen LogP) is -0.00730. The Morgan fingerprint density at radius 3 is 2.67 bits per heavy atom. The monoisotopic (exact) mass is 247 g/mol. The highest BCUT2D eigenvalue weighted by Crippen LogP contribution is 1.98. The molecule has 0 aromatic carbocycles. The van der Waals surface area contributed by atoms with Gasteiger partial charge in [-0.15, -0.1) is 0 Å². The fourth-order valence-corrected chi connectivity index (χ4v) is 0.659. The van der Waals surface area contributed by atoms with Crippen molar-refractivity contribution in [1.82, 2.24) is 0 Å². The number of hydrogen-bond donors (Lipinski definition) is 2. The molecule has 0 fully saturated rings. The molecule has 0 heterocycles. The minimum atomic E-state index is -0.646.